The molecule has 0 bridgehead atoms. The Labute approximate surface area is 266 Å². The minimum Gasteiger partial charge on any atom is -0.478 e. The van der Waals surface area contributed by atoms with Crippen molar-refractivity contribution in [2.45, 2.75) is 0 Å². The summed E-state index contributed by atoms with van der Waals surface area (Å²) in [7, 11) is 0. The molecule has 0 aliphatic carbocycles. The minimum atomic E-state index is -0.997. The van der Waals surface area contributed by atoms with Crippen molar-refractivity contribution in [3.05, 3.63) is 149 Å². The number of rotatable bonds is 8. The van der Waals surface area contributed by atoms with Gasteiger partial charge in [-0.25, -0.2) is 4.79 Å². The monoisotopic (exact) mass is 593 g/mol. The van der Waals surface area contributed by atoms with Gasteiger partial charge in [-0.15, -0.1) is 0 Å². The zero-order valence-corrected chi connectivity index (χ0v) is 24.3. The van der Waals surface area contributed by atoms with Crippen LogP contribution in [0, 0.1) is 45.3 Å². The lowest BCUT2D eigenvalue weighted by Gasteiger charge is -2.26. The van der Waals surface area contributed by atoms with Gasteiger partial charge in [0.05, 0.1) is 5.56 Å². The largest absolute Gasteiger partial charge is 0.478 e. The standard InChI is InChI=1S/C39H23N5O2/c40-23-29(24-41)21-27-1-5-31(6-2-27)33-9-15-36(16-10-33)44(38-19-13-35(14-20-38)39(45)46)37-17-11-34(12-18-37)32-7-3-28(4-8-32)22-30(25-42)26-43/h1-22H,(H,45,46). The van der Waals surface area contributed by atoms with Crippen molar-refractivity contribution in [2.24, 2.45) is 0 Å². The molecule has 5 rings (SSSR count). The smallest absolute Gasteiger partial charge is 0.335 e. The van der Waals surface area contributed by atoms with Crippen LogP contribution in [0.25, 0.3) is 34.4 Å². The number of nitrogens with zero attached hydrogens (tertiary/aromatic N) is 5. The maximum atomic E-state index is 11.5. The van der Waals surface area contributed by atoms with Crippen LogP contribution in [0.1, 0.15) is 21.5 Å². The van der Waals surface area contributed by atoms with E-state index in [2.05, 4.69) is 0 Å². The van der Waals surface area contributed by atoms with Gasteiger partial charge in [-0.1, -0.05) is 72.8 Å². The first kappa shape index (κ1) is 30.3. The summed E-state index contributed by atoms with van der Waals surface area (Å²) in [5.41, 5.74) is 8.22. The molecule has 5 aromatic carbocycles. The van der Waals surface area contributed by atoms with Crippen LogP contribution in [0.2, 0.25) is 0 Å². The molecule has 0 aliphatic heterocycles. The van der Waals surface area contributed by atoms with E-state index in [1.54, 1.807) is 36.4 Å². The molecule has 7 nitrogen and oxygen atoms in total. The van der Waals surface area contributed by atoms with Crippen molar-refractivity contribution >= 4 is 35.2 Å². The summed E-state index contributed by atoms with van der Waals surface area (Å²) in [6.07, 6.45) is 3.08. The minimum absolute atomic E-state index is 0.0408. The van der Waals surface area contributed by atoms with E-state index in [4.69, 9.17) is 21.0 Å². The van der Waals surface area contributed by atoms with E-state index in [-0.39, 0.29) is 16.7 Å². The van der Waals surface area contributed by atoms with E-state index in [1.807, 2.05) is 126 Å². The van der Waals surface area contributed by atoms with Crippen LogP contribution in [0.5, 0.6) is 0 Å². The Bertz CT molecular complexity index is 1960. The second-order valence-corrected chi connectivity index (χ2v) is 10.1. The van der Waals surface area contributed by atoms with Gasteiger partial charge in [0, 0.05) is 17.1 Å². The Balaban J connectivity index is 1.46. The molecule has 0 amide bonds. The molecule has 0 spiro atoms. The molecule has 46 heavy (non-hydrogen) atoms. The van der Waals surface area contributed by atoms with Gasteiger partial charge in [0.1, 0.15) is 35.4 Å². The molecule has 0 heterocycles. The van der Waals surface area contributed by atoms with Crippen LogP contribution in [-0.2, 0) is 0 Å². The third-order valence-corrected chi connectivity index (χ3v) is 7.22. The normalized spacial score (nSPS) is 9.83. The van der Waals surface area contributed by atoms with Gasteiger partial charge in [0.2, 0.25) is 0 Å². The average Bonchev–Trinajstić information content (AvgIpc) is 3.11. The third kappa shape index (κ3) is 6.88. The van der Waals surface area contributed by atoms with E-state index >= 15 is 0 Å². The third-order valence-electron chi connectivity index (χ3n) is 7.22. The van der Waals surface area contributed by atoms with E-state index in [0.29, 0.717) is 0 Å². The molecule has 5 aromatic rings. The molecule has 0 fully saturated rings. The number of carboxylic acids is 1. The molecule has 0 saturated heterocycles. The molecule has 216 valence electrons. The van der Waals surface area contributed by atoms with Gasteiger partial charge in [-0.05, 0) is 94.1 Å². The molecular formula is C39H23N5O2. The lowest BCUT2D eigenvalue weighted by molar-refractivity contribution is 0.0697. The number of nitriles is 4. The predicted molar refractivity (Wildman–Crippen MR) is 177 cm³/mol. The lowest BCUT2D eigenvalue weighted by atomic mass is 10.0. The summed E-state index contributed by atoms with van der Waals surface area (Å²) in [6.45, 7) is 0. The van der Waals surface area contributed by atoms with Crippen LogP contribution in [0.15, 0.2) is 132 Å². The van der Waals surface area contributed by atoms with Gasteiger partial charge >= 0.3 is 5.97 Å². The Morgan fingerprint density at radius 2 is 0.761 bits per heavy atom. The van der Waals surface area contributed by atoms with Crippen LogP contribution in [-0.4, -0.2) is 11.1 Å². The zero-order chi connectivity index (χ0) is 32.5. The topological polar surface area (TPSA) is 136 Å². The second-order valence-electron chi connectivity index (χ2n) is 10.1. The van der Waals surface area contributed by atoms with Crippen molar-refractivity contribution in [2.75, 3.05) is 4.90 Å². The molecule has 0 unspecified atom stereocenters. The zero-order valence-electron chi connectivity index (χ0n) is 24.3. The van der Waals surface area contributed by atoms with E-state index < -0.39 is 5.97 Å². The maximum Gasteiger partial charge on any atom is 0.335 e. The van der Waals surface area contributed by atoms with Crippen molar-refractivity contribution in [3.63, 3.8) is 0 Å². The number of carboxylic acid groups (broad SMARTS) is 1. The van der Waals surface area contributed by atoms with Crippen LogP contribution in [0.4, 0.5) is 17.1 Å². The Morgan fingerprint density at radius 3 is 1.04 bits per heavy atom. The highest BCUT2D eigenvalue weighted by molar-refractivity contribution is 5.89. The van der Waals surface area contributed by atoms with E-state index in [0.717, 1.165) is 50.4 Å². The van der Waals surface area contributed by atoms with Crippen molar-refractivity contribution in [1.29, 1.82) is 21.0 Å². The summed E-state index contributed by atoms with van der Waals surface area (Å²) >= 11 is 0. The SMILES string of the molecule is N#CC(C#N)=Cc1ccc(-c2ccc(N(c3ccc(C(=O)O)cc3)c3ccc(-c4ccc(C=C(C#N)C#N)cc4)cc3)cc2)cc1. The number of anilines is 3. The highest BCUT2D eigenvalue weighted by Crippen LogP contribution is 2.37. The fraction of sp³-hybridized carbons (Fsp3) is 0. The molecule has 1 N–H and O–H groups in total. The van der Waals surface area contributed by atoms with Gasteiger partial charge in [-0.3, -0.25) is 0 Å². The molecule has 0 aromatic heterocycles. The first-order valence-corrected chi connectivity index (χ1v) is 14.0. The van der Waals surface area contributed by atoms with Gasteiger partial charge in [-0.2, -0.15) is 21.0 Å². The Morgan fingerprint density at radius 1 is 0.478 bits per heavy atom. The summed E-state index contributed by atoms with van der Waals surface area (Å²) in [4.78, 5) is 13.5. The van der Waals surface area contributed by atoms with E-state index in [1.165, 1.54) is 0 Å². The van der Waals surface area contributed by atoms with Gasteiger partial charge in [0.25, 0.3) is 0 Å². The van der Waals surface area contributed by atoms with Crippen LogP contribution in [0.3, 0.4) is 0 Å². The molecule has 7 heteroatoms. The maximum absolute atomic E-state index is 11.5. The summed E-state index contributed by atoms with van der Waals surface area (Å²) in [6, 6.07) is 45.3. The number of benzene rings is 5. The van der Waals surface area contributed by atoms with Crippen molar-refractivity contribution in [1.82, 2.24) is 0 Å². The molecule has 0 atom stereocenters. The molecule has 0 aliphatic rings. The highest BCUT2D eigenvalue weighted by Gasteiger charge is 2.14. The second kappa shape index (κ2) is 13.9. The van der Waals surface area contributed by atoms with Crippen molar-refractivity contribution in [3.8, 4) is 46.5 Å². The molecular weight excluding hydrogens is 570 g/mol. The van der Waals surface area contributed by atoms with Gasteiger partial charge in [0.15, 0.2) is 0 Å². The summed E-state index contributed by atoms with van der Waals surface area (Å²) < 4.78 is 0. The van der Waals surface area contributed by atoms with Crippen LogP contribution >= 0.6 is 0 Å². The lowest BCUT2D eigenvalue weighted by Crippen LogP contribution is -2.10. The number of allylic oxidation sites excluding steroid dienone is 2. The fourth-order valence-corrected chi connectivity index (χ4v) is 4.86. The molecule has 0 saturated carbocycles. The number of hydrogen-bond acceptors (Lipinski definition) is 6. The average molecular weight is 594 g/mol. The van der Waals surface area contributed by atoms with Crippen LogP contribution < -0.4 is 4.90 Å². The summed E-state index contributed by atoms with van der Waals surface area (Å²) in [5, 5.41) is 45.5. The predicted octanol–water partition coefficient (Wildman–Crippen LogP) is 9.05. The fourth-order valence-electron chi connectivity index (χ4n) is 4.86. The summed E-state index contributed by atoms with van der Waals surface area (Å²) in [5.74, 6) is -0.997. The van der Waals surface area contributed by atoms with Gasteiger partial charge < -0.3 is 10.0 Å². The quantitative estimate of drug-likeness (QED) is 0.177. The first-order valence-electron chi connectivity index (χ1n) is 14.0. The number of aromatic carboxylic acids is 1. The van der Waals surface area contributed by atoms with Crippen molar-refractivity contribution < 1.29 is 9.90 Å². The molecule has 0 radical (unpaired) electrons. The van der Waals surface area contributed by atoms with E-state index in [9.17, 15) is 9.90 Å². The Hall–Kier alpha value is -7.19. The first-order chi connectivity index (χ1) is 22.4. The number of hydrogen-bond donors (Lipinski definition) is 1. The Kier molecular flexibility index (Phi) is 9.12. The number of carbonyl (C=O) groups is 1. The highest BCUT2D eigenvalue weighted by atomic mass is 16.4.